The van der Waals surface area contributed by atoms with Crippen molar-refractivity contribution in [2.75, 3.05) is 0 Å². The Bertz CT molecular complexity index is 2150. The highest BCUT2D eigenvalue weighted by atomic mass is 16.3. The molecule has 0 bridgehead atoms. The summed E-state index contributed by atoms with van der Waals surface area (Å²) >= 11 is 0. The fourth-order valence-corrected chi connectivity index (χ4v) is 5.25. The maximum Gasteiger partial charge on any atom is 0.164 e. The average molecular weight is 528 g/mol. The first-order valence-electron chi connectivity index (χ1n) is 13.4. The van der Waals surface area contributed by atoms with Gasteiger partial charge in [-0.25, -0.2) is 19.9 Å². The summed E-state index contributed by atoms with van der Waals surface area (Å²) in [6, 6.07) is 40.0. The number of aromatic nitrogens is 5. The second-order valence-corrected chi connectivity index (χ2v) is 9.75. The minimum absolute atomic E-state index is 0.585. The van der Waals surface area contributed by atoms with Gasteiger partial charge in [-0.2, -0.15) is 0 Å². The van der Waals surface area contributed by atoms with E-state index in [1.54, 1.807) is 6.20 Å². The van der Waals surface area contributed by atoms with E-state index in [2.05, 4.69) is 11.1 Å². The first kappa shape index (κ1) is 23.2. The van der Waals surface area contributed by atoms with Crippen molar-refractivity contribution in [2.24, 2.45) is 0 Å². The van der Waals surface area contributed by atoms with Gasteiger partial charge in [0.15, 0.2) is 17.5 Å². The quantitative estimate of drug-likeness (QED) is 0.229. The second kappa shape index (κ2) is 9.47. The highest BCUT2D eigenvalue weighted by Crippen LogP contribution is 2.40. The lowest BCUT2D eigenvalue weighted by Gasteiger charge is -2.09. The van der Waals surface area contributed by atoms with Crippen molar-refractivity contribution in [3.63, 3.8) is 0 Å². The van der Waals surface area contributed by atoms with E-state index in [4.69, 9.17) is 24.4 Å². The molecule has 192 valence electrons. The van der Waals surface area contributed by atoms with Crippen LogP contribution in [-0.4, -0.2) is 24.9 Å². The van der Waals surface area contributed by atoms with Gasteiger partial charge in [-0.1, -0.05) is 97.1 Å². The Labute approximate surface area is 235 Å². The smallest absolute Gasteiger partial charge is 0.164 e. The van der Waals surface area contributed by atoms with Crippen LogP contribution >= 0.6 is 0 Å². The van der Waals surface area contributed by atoms with Crippen LogP contribution in [0.1, 0.15) is 0 Å². The molecule has 0 aliphatic rings. The van der Waals surface area contributed by atoms with Crippen LogP contribution in [0.2, 0.25) is 0 Å². The summed E-state index contributed by atoms with van der Waals surface area (Å²) in [6.07, 6.45) is 1.80. The van der Waals surface area contributed by atoms with Crippen molar-refractivity contribution < 1.29 is 4.42 Å². The molecule has 0 radical (unpaired) electrons. The van der Waals surface area contributed by atoms with Gasteiger partial charge in [-0.15, -0.1) is 0 Å². The van der Waals surface area contributed by atoms with Crippen LogP contribution in [0.5, 0.6) is 0 Å². The number of hydrogen-bond acceptors (Lipinski definition) is 6. The maximum atomic E-state index is 6.50. The SMILES string of the molecule is c1ccc(-c2nc(-c3ccccc3)nc(-c3cccc4oc5c(-c6cnc7ccccc7n6)cccc5c34)n2)cc1. The summed E-state index contributed by atoms with van der Waals surface area (Å²) in [5, 5.41) is 1.91. The number of furan rings is 1. The number of rotatable bonds is 4. The van der Waals surface area contributed by atoms with Crippen LogP contribution in [-0.2, 0) is 0 Å². The standard InChI is InChI=1S/C35H21N5O/c1-3-11-22(12-4-1)33-38-34(23-13-5-2-6-14-23)40-35(39-33)26-17-10-20-30-31(26)25-16-9-15-24(32(25)41-30)29-21-36-27-18-7-8-19-28(27)37-29/h1-21H. The number of hydrogen-bond donors (Lipinski definition) is 0. The number of benzene rings is 5. The zero-order valence-electron chi connectivity index (χ0n) is 21.8. The van der Waals surface area contributed by atoms with Gasteiger partial charge in [0.2, 0.25) is 0 Å². The Hall–Kier alpha value is -5.75. The molecular formula is C35H21N5O. The van der Waals surface area contributed by atoms with E-state index in [1.807, 2.05) is 115 Å². The lowest BCUT2D eigenvalue weighted by molar-refractivity contribution is 0.670. The zero-order valence-corrected chi connectivity index (χ0v) is 21.8. The molecule has 0 saturated carbocycles. The van der Waals surface area contributed by atoms with Gasteiger partial charge in [0.25, 0.3) is 0 Å². The summed E-state index contributed by atoms with van der Waals surface area (Å²) in [7, 11) is 0. The fourth-order valence-electron chi connectivity index (χ4n) is 5.25. The molecule has 3 aromatic heterocycles. The van der Waals surface area contributed by atoms with Crippen LogP contribution in [0.3, 0.4) is 0 Å². The molecule has 8 aromatic rings. The molecule has 6 heteroatoms. The topological polar surface area (TPSA) is 77.6 Å². The Morgan fingerprint density at radius 3 is 1.80 bits per heavy atom. The minimum atomic E-state index is 0.585. The molecule has 3 heterocycles. The highest BCUT2D eigenvalue weighted by Gasteiger charge is 2.19. The largest absolute Gasteiger partial charge is 0.455 e. The van der Waals surface area contributed by atoms with Gasteiger partial charge in [0, 0.05) is 33.0 Å². The third-order valence-corrected chi connectivity index (χ3v) is 7.19. The van der Waals surface area contributed by atoms with Crippen LogP contribution in [0.25, 0.3) is 78.4 Å². The number of para-hydroxylation sites is 3. The lowest BCUT2D eigenvalue weighted by atomic mass is 10.0. The van der Waals surface area contributed by atoms with E-state index >= 15 is 0 Å². The summed E-state index contributed by atoms with van der Waals surface area (Å²) < 4.78 is 6.50. The van der Waals surface area contributed by atoms with Crippen LogP contribution < -0.4 is 0 Å². The van der Waals surface area contributed by atoms with Crippen molar-refractivity contribution in [3.8, 4) is 45.4 Å². The molecule has 0 saturated heterocycles. The highest BCUT2D eigenvalue weighted by molar-refractivity contribution is 6.14. The normalized spacial score (nSPS) is 11.4. The van der Waals surface area contributed by atoms with Gasteiger partial charge in [-0.05, 0) is 24.3 Å². The van der Waals surface area contributed by atoms with Gasteiger partial charge < -0.3 is 4.42 Å². The van der Waals surface area contributed by atoms with Crippen molar-refractivity contribution in [2.45, 2.75) is 0 Å². The zero-order chi connectivity index (χ0) is 27.2. The van der Waals surface area contributed by atoms with Gasteiger partial charge in [0.1, 0.15) is 11.2 Å². The van der Waals surface area contributed by atoms with Crippen molar-refractivity contribution in [1.29, 1.82) is 0 Å². The summed E-state index contributed by atoms with van der Waals surface area (Å²) in [5.41, 5.74) is 7.56. The Morgan fingerprint density at radius 1 is 0.463 bits per heavy atom. The Morgan fingerprint density at radius 2 is 1.07 bits per heavy atom. The summed E-state index contributed by atoms with van der Waals surface area (Å²) in [4.78, 5) is 24.3. The van der Waals surface area contributed by atoms with Crippen molar-refractivity contribution >= 4 is 33.0 Å². The number of nitrogens with zero attached hydrogens (tertiary/aromatic N) is 5. The fraction of sp³-hybridized carbons (Fsp3) is 0. The molecule has 0 fully saturated rings. The summed E-state index contributed by atoms with van der Waals surface area (Å²) in [6.45, 7) is 0. The van der Waals surface area contributed by atoms with Crippen LogP contribution in [0.4, 0.5) is 0 Å². The Balaban J connectivity index is 1.36. The molecule has 0 amide bonds. The van der Waals surface area contributed by atoms with Crippen molar-refractivity contribution in [1.82, 2.24) is 24.9 Å². The van der Waals surface area contributed by atoms with E-state index in [0.717, 1.165) is 60.9 Å². The van der Waals surface area contributed by atoms with Gasteiger partial charge in [-0.3, -0.25) is 4.98 Å². The molecular weight excluding hydrogens is 506 g/mol. The number of fused-ring (bicyclic) bond motifs is 4. The molecule has 6 nitrogen and oxygen atoms in total. The van der Waals surface area contributed by atoms with E-state index in [0.29, 0.717) is 17.5 Å². The lowest BCUT2D eigenvalue weighted by Crippen LogP contribution is -2.00. The molecule has 8 rings (SSSR count). The molecule has 0 unspecified atom stereocenters. The Kier molecular flexibility index (Phi) is 5.35. The monoisotopic (exact) mass is 527 g/mol. The molecule has 41 heavy (non-hydrogen) atoms. The van der Waals surface area contributed by atoms with E-state index in [-0.39, 0.29) is 0 Å². The molecule has 0 aliphatic heterocycles. The van der Waals surface area contributed by atoms with E-state index in [9.17, 15) is 0 Å². The summed E-state index contributed by atoms with van der Waals surface area (Å²) in [5.74, 6) is 1.82. The maximum absolute atomic E-state index is 6.50. The van der Waals surface area contributed by atoms with Crippen molar-refractivity contribution in [3.05, 3.63) is 128 Å². The molecule has 0 aliphatic carbocycles. The van der Waals surface area contributed by atoms with Gasteiger partial charge >= 0.3 is 0 Å². The van der Waals surface area contributed by atoms with E-state index in [1.165, 1.54) is 0 Å². The van der Waals surface area contributed by atoms with Crippen LogP contribution in [0.15, 0.2) is 132 Å². The minimum Gasteiger partial charge on any atom is -0.455 e. The third kappa shape index (κ3) is 4.01. The first-order valence-corrected chi connectivity index (χ1v) is 13.4. The molecule has 0 atom stereocenters. The van der Waals surface area contributed by atoms with Crippen LogP contribution in [0, 0.1) is 0 Å². The average Bonchev–Trinajstić information content (AvgIpc) is 3.44. The predicted octanol–water partition coefficient (Wildman–Crippen LogP) is 8.38. The predicted molar refractivity (Wildman–Crippen MR) is 162 cm³/mol. The molecule has 5 aromatic carbocycles. The first-order chi connectivity index (χ1) is 20.3. The molecule has 0 spiro atoms. The molecule has 0 N–H and O–H groups in total. The second-order valence-electron chi connectivity index (χ2n) is 9.75. The van der Waals surface area contributed by atoms with E-state index < -0.39 is 0 Å². The third-order valence-electron chi connectivity index (χ3n) is 7.19. The van der Waals surface area contributed by atoms with Gasteiger partial charge in [0.05, 0.1) is 22.9 Å².